The fourth-order valence-corrected chi connectivity index (χ4v) is 2.31. The number of hydrogen-bond acceptors (Lipinski definition) is 3. The van der Waals surface area contributed by atoms with Crippen molar-refractivity contribution >= 4 is 17.3 Å². The molecule has 0 aromatic heterocycles. The van der Waals surface area contributed by atoms with Crippen molar-refractivity contribution in [3.05, 3.63) is 28.8 Å². The zero-order chi connectivity index (χ0) is 13.0. The molecule has 0 aliphatic heterocycles. The van der Waals surface area contributed by atoms with Gasteiger partial charge in [0, 0.05) is 24.2 Å². The van der Waals surface area contributed by atoms with E-state index in [2.05, 4.69) is 23.2 Å². The first kappa shape index (κ1) is 13.2. The first-order valence-electron chi connectivity index (χ1n) is 6.42. The zero-order valence-electron chi connectivity index (χ0n) is 10.6. The molecule has 3 nitrogen and oxygen atoms in total. The van der Waals surface area contributed by atoms with E-state index in [9.17, 15) is 0 Å². The Morgan fingerprint density at radius 1 is 1.50 bits per heavy atom. The van der Waals surface area contributed by atoms with Gasteiger partial charge in [-0.1, -0.05) is 18.5 Å². The third-order valence-electron chi connectivity index (χ3n) is 3.29. The quantitative estimate of drug-likeness (QED) is 0.857. The summed E-state index contributed by atoms with van der Waals surface area (Å²) in [6, 6.07) is 8.27. The molecule has 96 valence electrons. The number of halogens is 1. The minimum absolute atomic E-state index is 0.647. The topological polar surface area (TPSA) is 39.1 Å². The molecule has 0 atom stereocenters. The molecule has 1 N–H and O–H groups in total. The highest BCUT2D eigenvalue weighted by Crippen LogP contribution is 2.26. The number of hydrogen-bond donors (Lipinski definition) is 1. The van der Waals surface area contributed by atoms with E-state index in [4.69, 9.17) is 16.9 Å². The maximum Gasteiger partial charge on any atom is 0.101 e. The van der Waals surface area contributed by atoms with Gasteiger partial charge in [0.2, 0.25) is 0 Å². The smallest absolute Gasteiger partial charge is 0.101 e. The molecule has 4 heteroatoms. The number of nitrogens with zero attached hydrogens (tertiary/aromatic N) is 2. The van der Waals surface area contributed by atoms with Crippen molar-refractivity contribution in [3.63, 3.8) is 0 Å². The van der Waals surface area contributed by atoms with Crippen molar-refractivity contribution in [3.8, 4) is 6.07 Å². The molecule has 2 rings (SSSR count). The Morgan fingerprint density at radius 3 is 2.89 bits per heavy atom. The molecule has 0 spiro atoms. The Hall–Kier alpha value is -1.24. The van der Waals surface area contributed by atoms with Crippen molar-refractivity contribution < 1.29 is 0 Å². The standard InChI is InChI=1S/C14H18ClN3/c1-2-18(13-5-6-13)8-7-17-14-9-12(15)4-3-11(14)10-16/h3-4,9,13,17H,2,5-8H2,1H3. The molecule has 1 aliphatic rings. The van der Waals surface area contributed by atoms with Crippen molar-refractivity contribution in [1.82, 2.24) is 4.90 Å². The minimum atomic E-state index is 0.647. The maximum absolute atomic E-state index is 9.02. The lowest BCUT2D eigenvalue weighted by molar-refractivity contribution is 0.289. The van der Waals surface area contributed by atoms with Crippen LogP contribution in [0.1, 0.15) is 25.3 Å². The molecule has 18 heavy (non-hydrogen) atoms. The molecule has 1 aromatic carbocycles. The molecule has 0 bridgehead atoms. The van der Waals surface area contributed by atoms with Crippen molar-refractivity contribution in [2.45, 2.75) is 25.8 Å². The normalized spacial score (nSPS) is 14.6. The maximum atomic E-state index is 9.02. The van der Waals surface area contributed by atoms with E-state index in [1.807, 2.05) is 6.07 Å². The second-order valence-corrected chi connectivity index (χ2v) is 5.02. The molecular weight excluding hydrogens is 246 g/mol. The van der Waals surface area contributed by atoms with Gasteiger partial charge in [0.25, 0.3) is 0 Å². The van der Waals surface area contributed by atoms with Gasteiger partial charge in [-0.05, 0) is 37.6 Å². The summed E-state index contributed by atoms with van der Waals surface area (Å²) in [5, 5.41) is 13.0. The number of nitrogens with one attached hydrogen (secondary N) is 1. The highest BCUT2D eigenvalue weighted by molar-refractivity contribution is 6.30. The molecule has 0 saturated heterocycles. The molecule has 0 amide bonds. The monoisotopic (exact) mass is 263 g/mol. The fourth-order valence-electron chi connectivity index (χ4n) is 2.13. The van der Waals surface area contributed by atoms with Crippen LogP contribution in [0.2, 0.25) is 5.02 Å². The summed E-state index contributed by atoms with van der Waals surface area (Å²) in [6.07, 6.45) is 2.66. The van der Waals surface area contributed by atoms with Crippen LogP contribution in [-0.4, -0.2) is 30.6 Å². The van der Waals surface area contributed by atoms with E-state index in [0.717, 1.165) is 31.4 Å². The van der Waals surface area contributed by atoms with Crippen LogP contribution in [0, 0.1) is 11.3 Å². The molecule has 1 fully saturated rings. The van der Waals surface area contributed by atoms with Crippen LogP contribution < -0.4 is 5.32 Å². The Morgan fingerprint density at radius 2 is 2.28 bits per heavy atom. The third-order valence-corrected chi connectivity index (χ3v) is 3.52. The average Bonchev–Trinajstić information content (AvgIpc) is 3.19. The highest BCUT2D eigenvalue weighted by atomic mass is 35.5. The van der Waals surface area contributed by atoms with Gasteiger partial charge in [-0.15, -0.1) is 0 Å². The van der Waals surface area contributed by atoms with Crippen molar-refractivity contribution in [2.75, 3.05) is 25.0 Å². The van der Waals surface area contributed by atoms with Gasteiger partial charge in [-0.2, -0.15) is 5.26 Å². The first-order chi connectivity index (χ1) is 8.74. The summed E-state index contributed by atoms with van der Waals surface area (Å²) in [7, 11) is 0. The molecule has 1 saturated carbocycles. The van der Waals surface area contributed by atoms with E-state index in [-0.39, 0.29) is 0 Å². The number of anilines is 1. The van der Waals surface area contributed by atoms with Gasteiger partial charge in [0.15, 0.2) is 0 Å². The fraction of sp³-hybridized carbons (Fsp3) is 0.500. The Bertz CT molecular complexity index is 449. The lowest BCUT2D eigenvalue weighted by Crippen LogP contribution is -2.31. The Kier molecular flexibility index (Phi) is 4.46. The molecule has 0 radical (unpaired) electrons. The Labute approximate surface area is 113 Å². The van der Waals surface area contributed by atoms with Crippen LogP contribution in [0.3, 0.4) is 0 Å². The largest absolute Gasteiger partial charge is 0.383 e. The molecular formula is C14H18ClN3. The van der Waals surface area contributed by atoms with Gasteiger partial charge >= 0.3 is 0 Å². The lowest BCUT2D eigenvalue weighted by Gasteiger charge is -2.20. The summed E-state index contributed by atoms with van der Waals surface area (Å²) in [5.41, 5.74) is 1.48. The number of benzene rings is 1. The van der Waals surface area contributed by atoms with Crippen LogP contribution >= 0.6 is 11.6 Å². The van der Waals surface area contributed by atoms with Crippen LogP contribution in [0.25, 0.3) is 0 Å². The van der Waals surface area contributed by atoms with Crippen LogP contribution in [0.15, 0.2) is 18.2 Å². The average molecular weight is 264 g/mol. The van der Waals surface area contributed by atoms with Gasteiger partial charge in [0.05, 0.1) is 11.3 Å². The van der Waals surface area contributed by atoms with E-state index in [1.54, 1.807) is 12.1 Å². The van der Waals surface area contributed by atoms with Gasteiger partial charge < -0.3 is 5.32 Å². The SMILES string of the molecule is CCN(CCNc1cc(Cl)ccc1C#N)C1CC1. The zero-order valence-corrected chi connectivity index (χ0v) is 11.4. The number of rotatable bonds is 6. The van der Waals surface area contributed by atoms with E-state index >= 15 is 0 Å². The van der Waals surface area contributed by atoms with Gasteiger partial charge in [-0.3, -0.25) is 4.90 Å². The van der Waals surface area contributed by atoms with E-state index < -0.39 is 0 Å². The highest BCUT2D eigenvalue weighted by Gasteiger charge is 2.27. The summed E-state index contributed by atoms with van der Waals surface area (Å²) >= 11 is 5.94. The summed E-state index contributed by atoms with van der Waals surface area (Å²) < 4.78 is 0. The molecule has 1 aromatic rings. The van der Waals surface area contributed by atoms with E-state index in [1.165, 1.54) is 12.8 Å². The van der Waals surface area contributed by atoms with Crippen molar-refractivity contribution in [1.29, 1.82) is 5.26 Å². The number of nitriles is 1. The second-order valence-electron chi connectivity index (χ2n) is 4.59. The van der Waals surface area contributed by atoms with E-state index in [0.29, 0.717) is 10.6 Å². The molecule has 0 heterocycles. The van der Waals surface area contributed by atoms with Crippen molar-refractivity contribution in [2.24, 2.45) is 0 Å². The first-order valence-corrected chi connectivity index (χ1v) is 6.80. The summed E-state index contributed by atoms with van der Waals surface area (Å²) in [4.78, 5) is 2.48. The Balaban J connectivity index is 1.89. The van der Waals surface area contributed by atoms with Crippen LogP contribution in [0.4, 0.5) is 5.69 Å². The predicted octanol–water partition coefficient (Wildman–Crippen LogP) is 3.11. The molecule has 0 unspecified atom stereocenters. The third kappa shape index (κ3) is 3.38. The second kappa shape index (κ2) is 6.08. The molecule has 1 aliphatic carbocycles. The lowest BCUT2D eigenvalue weighted by atomic mass is 10.2. The predicted molar refractivity (Wildman–Crippen MR) is 74.9 cm³/mol. The van der Waals surface area contributed by atoms with Gasteiger partial charge in [-0.25, -0.2) is 0 Å². The minimum Gasteiger partial charge on any atom is -0.383 e. The summed E-state index contributed by atoms with van der Waals surface area (Å²) in [6.45, 7) is 5.14. The van der Waals surface area contributed by atoms with Gasteiger partial charge in [0.1, 0.15) is 6.07 Å². The summed E-state index contributed by atoms with van der Waals surface area (Å²) in [5.74, 6) is 0. The number of likely N-dealkylation sites (N-methyl/N-ethyl adjacent to an activating group) is 1. The van der Waals surface area contributed by atoms with Crippen LogP contribution in [0.5, 0.6) is 0 Å². The van der Waals surface area contributed by atoms with Crippen LogP contribution in [-0.2, 0) is 0 Å².